The maximum absolute atomic E-state index is 12.4. The topological polar surface area (TPSA) is 68.5 Å². The minimum atomic E-state index is -1.28. The quantitative estimate of drug-likeness (QED) is 0.642. The molecule has 1 N–H and O–H groups in total. The number of carbonyl (C=O) groups is 1. The lowest BCUT2D eigenvalue weighted by atomic mass is 10.2. The highest BCUT2D eigenvalue weighted by Gasteiger charge is 2.14. The van der Waals surface area contributed by atoms with Crippen molar-refractivity contribution in [2.24, 2.45) is 0 Å². The molecule has 0 saturated carbocycles. The molecule has 7 heteroatoms. The standard InChI is InChI=1S/C20H18ClNO4S/c1-25-16-5-8-18(9-6-16)27(24)13-17-7-10-19(26-17)20(23)22-12-14-3-2-4-15(21)11-14/h2-11H,12-13H2,1H3,(H,22,23)/t27-/m1/s1. The van der Waals surface area contributed by atoms with E-state index < -0.39 is 10.8 Å². The zero-order valence-electron chi connectivity index (χ0n) is 14.6. The SMILES string of the molecule is COc1ccc([S@](=O)Cc2ccc(C(=O)NCc3cccc(Cl)c3)o2)cc1. The second-order valence-corrected chi connectivity index (χ2v) is 7.63. The molecule has 2 aromatic carbocycles. The Labute approximate surface area is 164 Å². The van der Waals surface area contributed by atoms with E-state index in [0.717, 1.165) is 5.56 Å². The third-order valence-electron chi connectivity index (χ3n) is 3.82. The number of ether oxygens (including phenoxy) is 1. The van der Waals surface area contributed by atoms with Crippen molar-refractivity contribution in [3.8, 4) is 5.75 Å². The van der Waals surface area contributed by atoms with E-state index in [9.17, 15) is 9.00 Å². The van der Waals surface area contributed by atoms with Crippen molar-refractivity contribution in [3.63, 3.8) is 0 Å². The molecule has 0 aliphatic heterocycles. The molecule has 5 nitrogen and oxygen atoms in total. The van der Waals surface area contributed by atoms with Crippen LogP contribution in [0, 0.1) is 0 Å². The Hall–Kier alpha value is -2.57. The normalized spacial score (nSPS) is 11.8. The van der Waals surface area contributed by atoms with E-state index in [4.69, 9.17) is 20.8 Å². The van der Waals surface area contributed by atoms with Gasteiger partial charge in [0, 0.05) is 16.5 Å². The van der Waals surface area contributed by atoms with Crippen LogP contribution >= 0.6 is 11.6 Å². The molecule has 27 heavy (non-hydrogen) atoms. The molecule has 0 saturated heterocycles. The van der Waals surface area contributed by atoms with Crippen LogP contribution in [-0.4, -0.2) is 17.2 Å². The first-order chi connectivity index (χ1) is 13.0. The molecule has 0 bridgehead atoms. The highest BCUT2D eigenvalue weighted by atomic mass is 35.5. The Bertz CT molecular complexity index is 953. The Balaban J connectivity index is 1.58. The van der Waals surface area contributed by atoms with Gasteiger partial charge >= 0.3 is 0 Å². The lowest BCUT2D eigenvalue weighted by Gasteiger charge is -2.04. The minimum absolute atomic E-state index is 0.179. The molecule has 140 valence electrons. The molecule has 0 unspecified atom stereocenters. The first-order valence-electron chi connectivity index (χ1n) is 8.19. The predicted molar refractivity (Wildman–Crippen MR) is 104 cm³/mol. The lowest BCUT2D eigenvalue weighted by Crippen LogP contribution is -2.22. The molecule has 0 aliphatic carbocycles. The van der Waals surface area contributed by atoms with E-state index in [0.29, 0.717) is 28.0 Å². The van der Waals surface area contributed by atoms with Crippen LogP contribution in [0.15, 0.2) is 70.0 Å². The fraction of sp³-hybridized carbons (Fsp3) is 0.150. The van der Waals surface area contributed by atoms with Crippen molar-refractivity contribution in [3.05, 3.63) is 82.8 Å². The summed E-state index contributed by atoms with van der Waals surface area (Å²) in [5.41, 5.74) is 0.892. The molecule has 1 heterocycles. The van der Waals surface area contributed by atoms with E-state index in [-0.39, 0.29) is 17.4 Å². The summed E-state index contributed by atoms with van der Waals surface area (Å²) >= 11 is 5.93. The number of benzene rings is 2. The van der Waals surface area contributed by atoms with E-state index in [1.807, 2.05) is 12.1 Å². The number of halogens is 1. The third kappa shape index (κ3) is 5.21. The molecule has 1 atom stereocenters. The average molecular weight is 404 g/mol. The zero-order chi connectivity index (χ0) is 19.2. The van der Waals surface area contributed by atoms with Crippen LogP contribution in [0.4, 0.5) is 0 Å². The second-order valence-electron chi connectivity index (χ2n) is 5.74. The van der Waals surface area contributed by atoms with Crippen LogP contribution in [0.25, 0.3) is 0 Å². The summed E-state index contributed by atoms with van der Waals surface area (Å²) in [5.74, 6) is 1.22. The number of rotatable bonds is 7. The van der Waals surface area contributed by atoms with E-state index in [2.05, 4.69) is 5.32 Å². The average Bonchev–Trinajstić information content (AvgIpc) is 3.15. The van der Waals surface area contributed by atoms with Gasteiger partial charge in [0.05, 0.1) is 23.7 Å². The fourth-order valence-corrected chi connectivity index (χ4v) is 3.67. The predicted octanol–water partition coefficient (Wildman–Crippen LogP) is 4.18. The Kier molecular flexibility index (Phi) is 6.32. The molecule has 3 rings (SSSR count). The van der Waals surface area contributed by atoms with Crippen molar-refractivity contribution >= 4 is 28.3 Å². The molecular weight excluding hydrogens is 386 g/mol. The monoisotopic (exact) mass is 403 g/mol. The van der Waals surface area contributed by atoms with Gasteiger partial charge in [0.15, 0.2) is 5.76 Å². The number of hydrogen-bond acceptors (Lipinski definition) is 4. The van der Waals surface area contributed by atoms with Gasteiger partial charge in [-0.15, -0.1) is 0 Å². The molecule has 0 spiro atoms. The van der Waals surface area contributed by atoms with E-state index >= 15 is 0 Å². The van der Waals surface area contributed by atoms with Crippen LogP contribution in [0.5, 0.6) is 5.75 Å². The molecule has 1 amide bonds. The first kappa shape index (κ1) is 19.2. The summed E-state index contributed by atoms with van der Waals surface area (Å²) in [7, 11) is 0.301. The van der Waals surface area contributed by atoms with Gasteiger partial charge in [0.1, 0.15) is 11.5 Å². The van der Waals surface area contributed by atoms with Gasteiger partial charge in [-0.05, 0) is 54.1 Å². The number of carbonyl (C=O) groups excluding carboxylic acids is 1. The van der Waals surface area contributed by atoms with Gasteiger partial charge in [-0.2, -0.15) is 0 Å². The maximum atomic E-state index is 12.4. The number of hydrogen-bond donors (Lipinski definition) is 1. The minimum Gasteiger partial charge on any atom is -0.497 e. The van der Waals surface area contributed by atoms with Gasteiger partial charge in [-0.1, -0.05) is 23.7 Å². The molecule has 0 fully saturated rings. The first-order valence-corrected chi connectivity index (χ1v) is 9.88. The molecule has 1 aromatic heterocycles. The fourth-order valence-electron chi connectivity index (χ4n) is 2.43. The van der Waals surface area contributed by atoms with Crippen LogP contribution in [0.3, 0.4) is 0 Å². The van der Waals surface area contributed by atoms with Crippen molar-refractivity contribution in [2.75, 3.05) is 7.11 Å². The third-order valence-corrected chi connectivity index (χ3v) is 5.40. The summed E-state index contributed by atoms with van der Waals surface area (Å²) in [4.78, 5) is 12.9. The molecule has 3 aromatic rings. The number of furan rings is 1. The Morgan fingerprint density at radius 3 is 2.63 bits per heavy atom. The van der Waals surface area contributed by atoms with Crippen molar-refractivity contribution in [1.29, 1.82) is 0 Å². The van der Waals surface area contributed by atoms with Gasteiger partial charge < -0.3 is 14.5 Å². The maximum Gasteiger partial charge on any atom is 0.287 e. The van der Waals surface area contributed by atoms with Gasteiger partial charge in [-0.3, -0.25) is 9.00 Å². The van der Waals surface area contributed by atoms with E-state index in [1.165, 1.54) is 0 Å². The zero-order valence-corrected chi connectivity index (χ0v) is 16.2. The molecule has 0 aliphatic rings. The Morgan fingerprint density at radius 1 is 1.15 bits per heavy atom. The molecular formula is C20H18ClNO4S. The van der Waals surface area contributed by atoms with Crippen LogP contribution in [-0.2, 0) is 23.1 Å². The molecule has 0 radical (unpaired) electrons. The summed E-state index contributed by atoms with van der Waals surface area (Å²) in [6.45, 7) is 0.340. The van der Waals surface area contributed by atoms with Gasteiger partial charge in [0.2, 0.25) is 0 Å². The van der Waals surface area contributed by atoms with Crippen molar-refractivity contribution in [2.45, 2.75) is 17.2 Å². The second kappa shape index (κ2) is 8.88. The summed E-state index contributed by atoms with van der Waals surface area (Å²) in [6, 6.07) is 17.5. The van der Waals surface area contributed by atoms with Crippen molar-refractivity contribution < 1.29 is 18.2 Å². The Morgan fingerprint density at radius 2 is 1.93 bits per heavy atom. The van der Waals surface area contributed by atoms with E-state index in [1.54, 1.807) is 55.6 Å². The van der Waals surface area contributed by atoms with Crippen molar-refractivity contribution in [1.82, 2.24) is 5.32 Å². The summed E-state index contributed by atoms with van der Waals surface area (Å²) in [5, 5.41) is 3.39. The smallest absolute Gasteiger partial charge is 0.287 e. The largest absolute Gasteiger partial charge is 0.497 e. The summed E-state index contributed by atoms with van der Waals surface area (Å²) < 4.78 is 23.1. The number of methoxy groups -OCH3 is 1. The highest BCUT2D eigenvalue weighted by molar-refractivity contribution is 7.84. The number of nitrogens with one attached hydrogen (secondary N) is 1. The van der Waals surface area contributed by atoms with Crippen LogP contribution in [0.2, 0.25) is 5.02 Å². The number of amides is 1. The van der Waals surface area contributed by atoms with Crippen LogP contribution < -0.4 is 10.1 Å². The van der Waals surface area contributed by atoms with Gasteiger partial charge in [0.25, 0.3) is 5.91 Å². The lowest BCUT2D eigenvalue weighted by molar-refractivity contribution is 0.0921. The van der Waals surface area contributed by atoms with Gasteiger partial charge in [-0.25, -0.2) is 0 Å². The van der Waals surface area contributed by atoms with Crippen LogP contribution in [0.1, 0.15) is 21.9 Å². The highest BCUT2D eigenvalue weighted by Crippen LogP contribution is 2.18. The summed E-state index contributed by atoms with van der Waals surface area (Å²) in [6.07, 6.45) is 0.